The fourth-order valence-electron chi connectivity index (χ4n) is 2.72. The van der Waals surface area contributed by atoms with E-state index >= 15 is 0 Å². The number of aliphatic carboxylic acids is 1. The third-order valence-corrected chi connectivity index (χ3v) is 6.95. The summed E-state index contributed by atoms with van der Waals surface area (Å²) in [5, 5.41) is 21.3. The number of sulfone groups is 1. The number of aromatic hydroxyl groups is 1. The summed E-state index contributed by atoms with van der Waals surface area (Å²) in [6.45, 7) is 1.21. The smallest absolute Gasteiger partial charge is 0.315 e. The molecule has 0 heterocycles. The molecule has 0 aliphatic rings. The number of carboxylic acid groups (broad SMARTS) is 1. The first-order valence-corrected chi connectivity index (χ1v) is 11.7. The lowest BCUT2D eigenvalue weighted by Gasteiger charge is -2.14. The van der Waals surface area contributed by atoms with E-state index < -0.39 is 44.1 Å². The van der Waals surface area contributed by atoms with E-state index in [1.165, 1.54) is 25.1 Å². The van der Waals surface area contributed by atoms with Crippen LogP contribution >= 0.6 is 23.2 Å². The van der Waals surface area contributed by atoms with Crippen LogP contribution < -0.4 is 10.1 Å². The Balaban J connectivity index is 1.91. The van der Waals surface area contributed by atoms with Crippen molar-refractivity contribution in [3.63, 3.8) is 0 Å². The number of carboxylic acids is 1. The Morgan fingerprint density at radius 1 is 1.03 bits per heavy atom. The molecule has 8 nitrogen and oxygen atoms in total. The van der Waals surface area contributed by atoms with Crippen molar-refractivity contribution in [2.45, 2.75) is 16.7 Å². The van der Waals surface area contributed by atoms with Crippen molar-refractivity contribution in [1.29, 1.82) is 0 Å². The predicted octanol–water partition coefficient (Wildman–Crippen LogP) is 5.12. The van der Waals surface area contributed by atoms with E-state index in [1.54, 1.807) is 0 Å². The van der Waals surface area contributed by atoms with Crippen LogP contribution in [0.15, 0.2) is 64.4 Å². The van der Waals surface area contributed by atoms with E-state index in [4.69, 9.17) is 33.0 Å². The van der Waals surface area contributed by atoms with Gasteiger partial charge in [-0.15, -0.1) is 0 Å². The minimum absolute atomic E-state index is 0.0430. The number of phenolic OH excluding ortho intramolecular Hbond substituents is 1. The van der Waals surface area contributed by atoms with Gasteiger partial charge in [0.05, 0.1) is 14.9 Å². The third kappa shape index (κ3) is 5.41. The molecule has 0 spiro atoms. The SMILES string of the molecule is CC(C(=O)O)C(=O)Nc1cc(Cl)c(Oc2ccc(O)c(S(=O)(=O)c3ccc(F)cc3)c2)c(Cl)c1. The molecule has 0 aliphatic heterocycles. The number of nitrogens with one attached hydrogen (secondary N) is 1. The van der Waals surface area contributed by atoms with Gasteiger partial charge in [0, 0.05) is 11.8 Å². The summed E-state index contributed by atoms with van der Waals surface area (Å²) in [7, 11) is -4.21. The summed E-state index contributed by atoms with van der Waals surface area (Å²) in [6, 6.07) is 10.0. The number of phenols is 1. The Labute approximate surface area is 203 Å². The molecule has 12 heteroatoms. The molecule has 0 fully saturated rings. The highest BCUT2D eigenvalue weighted by Crippen LogP contribution is 2.40. The molecule has 0 radical (unpaired) electrons. The van der Waals surface area contributed by atoms with Gasteiger partial charge < -0.3 is 20.3 Å². The minimum Gasteiger partial charge on any atom is -0.507 e. The number of halogens is 3. The average molecular weight is 528 g/mol. The first-order chi connectivity index (χ1) is 15.9. The minimum atomic E-state index is -4.21. The van der Waals surface area contributed by atoms with Gasteiger partial charge in [-0.2, -0.15) is 0 Å². The van der Waals surface area contributed by atoms with E-state index in [-0.39, 0.29) is 32.1 Å². The molecular weight excluding hydrogens is 512 g/mol. The topological polar surface area (TPSA) is 130 Å². The lowest BCUT2D eigenvalue weighted by atomic mass is 10.1. The van der Waals surface area contributed by atoms with Crippen LogP contribution in [-0.2, 0) is 19.4 Å². The molecular formula is C22H16Cl2FNO7S. The second-order valence-electron chi connectivity index (χ2n) is 7.01. The van der Waals surface area contributed by atoms with E-state index in [2.05, 4.69) is 5.32 Å². The molecule has 34 heavy (non-hydrogen) atoms. The monoisotopic (exact) mass is 527 g/mol. The summed E-state index contributed by atoms with van der Waals surface area (Å²) >= 11 is 12.4. The Morgan fingerprint density at radius 3 is 2.18 bits per heavy atom. The maximum atomic E-state index is 13.2. The molecule has 1 atom stereocenters. The van der Waals surface area contributed by atoms with Gasteiger partial charge in [0.1, 0.15) is 28.1 Å². The number of carbonyl (C=O) groups excluding carboxylic acids is 1. The molecule has 178 valence electrons. The number of ether oxygens (including phenoxy) is 1. The van der Waals surface area contributed by atoms with Crippen LogP contribution in [0, 0.1) is 11.7 Å². The second kappa shape index (κ2) is 9.88. The van der Waals surface area contributed by atoms with Crippen LogP contribution in [0.1, 0.15) is 6.92 Å². The highest BCUT2D eigenvalue weighted by molar-refractivity contribution is 7.91. The first kappa shape index (κ1) is 25.3. The van der Waals surface area contributed by atoms with Gasteiger partial charge >= 0.3 is 5.97 Å². The van der Waals surface area contributed by atoms with Crippen molar-refractivity contribution >= 4 is 50.6 Å². The van der Waals surface area contributed by atoms with Gasteiger partial charge in [-0.25, -0.2) is 12.8 Å². The number of carbonyl (C=O) groups is 2. The summed E-state index contributed by atoms with van der Waals surface area (Å²) in [4.78, 5) is 22.1. The highest BCUT2D eigenvalue weighted by atomic mass is 35.5. The normalized spacial score (nSPS) is 12.1. The van der Waals surface area contributed by atoms with Gasteiger partial charge in [-0.1, -0.05) is 23.2 Å². The van der Waals surface area contributed by atoms with Crippen LogP contribution in [-0.4, -0.2) is 30.5 Å². The molecule has 0 aliphatic carbocycles. The Bertz CT molecular complexity index is 1360. The van der Waals surface area contributed by atoms with E-state index in [1.807, 2.05) is 0 Å². The van der Waals surface area contributed by atoms with E-state index in [0.717, 1.165) is 36.4 Å². The molecule has 1 amide bonds. The third-order valence-electron chi connectivity index (χ3n) is 4.59. The zero-order chi connectivity index (χ0) is 25.2. The predicted molar refractivity (Wildman–Crippen MR) is 122 cm³/mol. The maximum absolute atomic E-state index is 13.2. The summed E-state index contributed by atoms with van der Waals surface area (Å²) in [5.74, 6) is -4.72. The number of hydrogen-bond donors (Lipinski definition) is 3. The quantitative estimate of drug-likeness (QED) is 0.287. The zero-order valence-electron chi connectivity index (χ0n) is 17.3. The van der Waals surface area contributed by atoms with Crippen molar-refractivity contribution in [2.24, 2.45) is 5.92 Å². The van der Waals surface area contributed by atoms with Crippen LogP contribution in [0.4, 0.5) is 10.1 Å². The number of anilines is 1. The van der Waals surface area contributed by atoms with Gasteiger partial charge in [0.15, 0.2) is 5.75 Å². The molecule has 3 aromatic carbocycles. The van der Waals surface area contributed by atoms with Crippen LogP contribution in [0.25, 0.3) is 0 Å². The largest absolute Gasteiger partial charge is 0.507 e. The molecule has 0 aromatic heterocycles. The van der Waals surface area contributed by atoms with Gasteiger partial charge in [0.2, 0.25) is 15.7 Å². The lowest BCUT2D eigenvalue weighted by molar-refractivity contribution is -0.144. The van der Waals surface area contributed by atoms with Crippen molar-refractivity contribution in [3.8, 4) is 17.2 Å². The fourth-order valence-corrected chi connectivity index (χ4v) is 4.65. The van der Waals surface area contributed by atoms with Crippen LogP contribution in [0.3, 0.4) is 0 Å². The Morgan fingerprint density at radius 2 is 1.62 bits per heavy atom. The van der Waals surface area contributed by atoms with Crippen molar-refractivity contribution in [1.82, 2.24) is 0 Å². The van der Waals surface area contributed by atoms with E-state index in [9.17, 15) is 27.5 Å². The molecule has 3 aromatic rings. The highest BCUT2D eigenvalue weighted by Gasteiger charge is 2.24. The average Bonchev–Trinajstić information content (AvgIpc) is 2.76. The summed E-state index contributed by atoms with van der Waals surface area (Å²) < 4.78 is 44.6. The van der Waals surface area contributed by atoms with Crippen molar-refractivity contribution < 1.29 is 37.3 Å². The Kier molecular flexibility index (Phi) is 7.35. The number of benzene rings is 3. The number of rotatable bonds is 7. The van der Waals surface area contributed by atoms with Crippen LogP contribution in [0.5, 0.6) is 17.2 Å². The van der Waals surface area contributed by atoms with Crippen molar-refractivity contribution in [2.75, 3.05) is 5.32 Å². The van der Waals surface area contributed by atoms with Crippen molar-refractivity contribution in [3.05, 3.63) is 70.5 Å². The maximum Gasteiger partial charge on any atom is 0.315 e. The standard InChI is InChI=1S/C22H16Cl2FNO7S/c1-11(22(29)30)21(28)26-13-8-16(23)20(17(24)9-13)33-14-4-7-18(27)19(10-14)34(31,32)15-5-2-12(25)3-6-15/h2-11,27H,1H3,(H,26,28)(H,29,30). The van der Waals surface area contributed by atoms with Gasteiger partial charge in [-0.05, 0) is 55.5 Å². The summed E-state index contributed by atoms with van der Waals surface area (Å²) in [5.41, 5.74) is 0.116. The Hall–Kier alpha value is -3.34. The molecule has 1 unspecified atom stereocenters. The lowest BCUT2D eigenvalue weighted by Crippen LogP contribution is -2.26. The first-order valence-electron chi connectivity index (χ1n) is 9.44. The van der Waals surface area contributed by atoms with Gasteiger partial charge in [0.25, 0.3) is 0 Å². The summed E-state index contributed by atoms with van der Waals surface area (Å²) in [6.07, 6.45) is 0. The number of hydrogen-bond acceptors (Lipinski definition) is 6. The molecule has 0 bridgehead atoms. The van der Waals surface area contributed by atoms with Crippen LogP contribution in [0.2, 0.25) is 10.0 Å². The molecule has 3 N–H and O–H groups in total. The molecule has 3 rings (SSSR count). The zero-order valence-corrected chi connectivity index (χ0v) is 19.6. The molecule has 0 saturated carbocycles. The second-order valence-corrected chi connectivity index (χ2v) is 9.74. The molecule has 0 saturated heterocycles. The number of amides is 1. The van der Waals surface area contributed by atoms with E-state index in [0.29, 0.717) is 0 Å². The fraction of sp³-hybridized carbons (Fsp3) is 0.0909. The van der Waals surface area contributed by atoms with Gasteiger partial charge in [-0.3, -0.25) is 9.59 Å².